The fourth-order valence-corrected chi connectivity index (χ4v) is 4.18. The van der Waals surface area contributed by atoms with Crippen LogP contribution in [0.3, 0.4) is 0 Å². The Hall–Kier alpha value is -0.410. The van der Waals surface area contributed by atoms with Crippen LogP contribution in [0.5, 0.6) is 0 Å². The maximum atomic E-state index is 4.44. The molecule has 1 aromatic rings. The lowest BCUT2D eigenvalue weighted by Crippen LogP contribution is -2.33. The topological polar surface area (TPSA) is 24.9 Å². The van der Waals surface area contributed by atoms with Gasteiger partial charge in [-0.25, -0.2) is 4.98 Å². The number of fused-ring (bicyclic) bond motifs is 1. The number of rotatable bonds is 4. The van der Waals surface area contributed by atoms with E-state index in [1.165, 1.54) is 37.2 Å². The molecule has 1 heterocycles. The van der Waals surface area contributed by atoms with Crippen LogP contribution in [-0.4, -0.2) is 18.6 Å². The highest BCUT2D eigenvalue weighted by atomic mass is 32.1. The van der Waals surface area contributed by atoms with Gasteiger partial charge < -0.3 is 5.32 Å². The van der Waals surface area contributed by atoms with Gasteiger partial charge in [0.15, 0.2) is 0 Å². The highest BCUT2D eigenvalue weighted by Gasteiger charge is 2.53. The molecule has 0 bridgehead atoms. The summed E-state index contributed by atoms with van der Waals surface area (Å²) in [5, 5.41) is 6.80. The van der Waals surface area contributed by atoms with Gasteiger partial charge in [-0.3, -0.25) is 0 Å². The summed E-state index contributed by atoms with van der Waals surface area (Å²) in [7, 11) is 2.08. The lowest BCUT2D eigenvalue weighted by molar-refractivity contribution is 0.255. The molecule has 3 rings (SSSR count). The Morgan fingerprint density at radius 3 is 2.93 bits per heavy atom. The number of thiazole rings is 1. The minimum atomic E-state index is 0.528. The minimum Gasteiger partial charge on any atom is -0.319 e. The minimum absolute atomic E-state index is 0.528. The third-order valence-corrected chi connectivity index (χ3v) is 4.80. The van der Waals surface area contributed by atoms with Crippen LogP contribution in [0, 0.1) is 17.3 Å². The molecule has 0 amide bonds. The molecule has 2 aliphatic rings. The molecule has 2 fully saturated rings. The van der Waals surface area contributed by atoms with Crippen LogP contribution in [0.1, 0.15) is 24.3 Å². The van der Waals surface area contributed by atoms with Gasteiger partial charge in [0.2, 0.25) is 0 Å². The lowest BCUT2D eigenvalue weighted by atomic mass is 9.80. The third-order valence-electron chi connectivity index (χ3n) is 4.02. The Bertz CT molecular complexity index is 323. The highest BCUT2D eigenvalue weighted by Crippen LogP contribution is 2.60. The van der Waals surface area contributed by atoms with E-state index >= 15 is 0 Å². The van der Waals surface area contributed by atoms with Gasteiger partial charge in [0, 0.05) is 24.5 Å². The van der Waals surface area contributed by atoms with Crippen LogP contribution in [0.2, 0.25) is 0 Å². The van der Waals surface area contributed by atoms with Crippen molar-refractivity contribution < 1.29 is 0 Å². The van der Waals surface area contributed by atoms with Crippen LogP contribution in [0.4, 0.5) is 0 Å². The van der Waals surface area contributed by atoms with Gasteiger partial charge in [-0.05, 0) is 43.6 Å². The first kappa shape index (κ1) is 9.79. The first-order valence-corrected chi connectivity index (χ1v) is 6.72. The molecule has 2 unspecified atom stereocenters. The molecule has 1 aromatic heterocycles. The van der Waals surface area contributed by atoms with Gasteiger partial charge in [0.05, 0.1) is 5.01 Å². The molecule has 0 saturated heterocycles. The molecule has 1 N–H and O–H groups in total. The van der Waals surface area contributed by atoms with Gasteiger partial charge in [-0.15, -0.1) is 11.3 Å². The van der Waals surface area contributed by atoms with Crippen molar-refractivity contribution in [3.8, 4) is 0 Å². The number of nitrogens with zero attached hydrogens (tertiary/aromatic N) is 1. The first-order chi connectivity index (χ1) is 7.31. The summed E-state index contributed by atoms with van der Waals surface area (Å²) in [5.41, 5.74) is 0.528. The van der Waals surface area contributed by atoms with Crippen LogP contribution in [0.25, 0.3) is 0 Å². The van der Waals surface area contributed by atoms with E-state index in [9.17, 15) is 0 Å². The number of hydrogen-bond donors (Lipinski definition) is 1. The van der Waals surface area contributed by atoms with E-state index in [4.69, 9.17) is 0 Å². The quantitative estimate of drug-likeness (QED) is 0.845. The molecule has 2 atom stereocenters. The van der Waals surface area contributed by atoms with E-state index < -0.39 is 0 Å². The molecule has 2 nitrogen and oxygen atoms in total. The normalized spacial score (nSPS) is 37.9. The molecule has 0 aromatic carbocycles. The molecule has 0 spiro atoms. The van der Waals surface area contributed by atoms with Gasteiger partial charge in [-0.2, -0.15) is 0 Å². The second-order valence-corrected chi connectivity index (χ2v) is 6.28. The standard InChI is InChI=1S/C12H18N2S/c1-13-8-12(5-9-4-10(9)6-12)7-11-14-2-3-15-11/h2-3,9-10,13H,4-8H2,1H3. The Labute approximate surface area is 95.1 Å². The molecule has 15 heavy (non-hydrogen) atoms. The maximum Gasteiger partial charge on any atom is 0.0930 e. The highest BCUT2D eigenvalue weighted by molar-refractivity contribution is 7.09. The average Bonchev–Trinajstić information content (AvgIpc) is 2.67. The predicted molar refractivity (Wildman–Crippen MR) is 63.0 cm³/mol. The molecular formula is C12H18N2S. The van der Waals surface area contributed by atoms with Crippen LogP contribution < -0.4 is 5.32 Å². The maximum absolute atomic E-state index is 4.44. The SMILES string of the molecule is CNCC1(Cc2nccs2)CC2CC2C1. The van der Waals surface area contributed by atoms with Crippen molar-refractivity contribution in [1.29, 1.82) is 0 Å². The summed E-state index contributed by atoms with van der Waals surface area (Å²) < 4.78 is 0. The van der Waals surface area contributed by atoms with E-state index in [1.54, 1.807) is 0 Å². The van der Waals surface area contributed by atoms with E-state index in [2.05, 4.69) is 22.7 Å². The van der Waals surface area contributed by atoms with E-state index in [0.29, 0.717) is 5.41 Å². The molecule has 2 saturated carbocycles. The fraction of sp³-hybridized carbons (Fsp3) is 0.750. The van der Waals surface area contributed by atoms with Crippen molar-refractivity contribution in [2.45, 2.75) is 25.7 Å². The lowest BCUT2D eigenvalue weighted by Gasteiger charge is -2.29. The third kappa shape index (κ3) is 1.83. The van der Waals surface area contributed by atoms with E-state index in [-0.39, 0.29) is 0 Å². The predicted octanol–water partition coefficient (Wildman–Crippen LogP) is 2.32. The zero-order chi connectivity index (χ0) is 10.3. The second-order valence-electron chi connectivity index (χ2n) is 5.30. The Kier molecular flexibility index (Phi) is 2.33. The van der Waals surface area contributed by atoms with Crippen molar-refractivity contribution in [2.24, 2.45) is 17.3 Å². The Morgan fingerprint density at radius 2 is 2.33 bits per heavy atom. The summed E-state index contributed by atoms with van der Waals surface area (Å²) in [5.74, 6) is 2.11. The number of nitrogens with one attached hydrogen (secondary N) is 1. The first-order valence-electron chi connectivity index (χ1n) is 5.84. The van der Waals surface area contributed by atoms with Gasteiger partial charge in [0.1, 0.15) is 0 Å². The van der Waals surface area contributed by atoms with Gasteiger partial charge in [0.25, 0.3) is 0 Å². The largest absolute Gasteiger partial charge is 0.319 e. The van der Waals surface area contributed by atoms with Crippen LogP contribution >= 0.6 is 11.3 Å². The summed E-state index contributed by atoms with van der Waals surface area (Å²) in [4.78, 5) is 4.44. The van der Waals surface area contributed by atoms with Crippen LogP contribution in [0.15, 0.2) is 11.6 Å². The summed E-state index contributed by atoms with van der Waals surface area (Å²) in [6, 6.07) is 0. The molecule has 3 heteroatoms. The average molecular weight is 222 g/mol. The second kappa shape index (κ2) is 3.56. The summed E-state index contributed by atoms with van der Waals surface area (Å²) >= 11 is 1.81. The Balaban J connectivity index is 1.73. The van der Waals surface area contributed by atoms with Crippen molar-refractivity contribution in [2.75, 3.05) is 13.6 Å². The molecule has 82 valence electrons. The van der Waals surface area contributed by atoms with E-state index in [0.717, 1.165) is 11.8 Å². The summed E-state index contributed by atoms with van der Waals surface area (Å²) in [6.45, 7) is 1.17. The van der Waals surface area contributed by atoms with Gasteiger partial charge in [-0.1, -0.05) is 0 Å². The van der Waals surface area contributed by atoms with Crippen molar-refractivity contribution in [1.82, 2.24) is 10.3 Å². The number of hydrogen-bond acceptors (Lipinski definition) is 3. The smallest absolute Gasteiger partial charge is 0.0930 e. The number of aromatic nitrogens is 1. The molecule has 2 aliphatic carbocycles. The fourth-order valence-electron chi connectivity index (χ4n) is 3.39. The van der Waals surface area contributed by atoms with Crippen molar-refractivity contribution in [3.63, 3.8) is 0 Å². The van der Waals surface area contributed by atoms with Crippen molar-refractivity contribution >= 4 is 11.3 Å². The zero-order valence-electron chi connectivity index (χ0n) is 9.20. The van der Waals surface area contributed by atoms with Crippen molar-refractivity contribution in [3.05, 3.63) is 16.6 Å². The zero-order valence-corrected chi connectivity index (χ0v) is 10.0. The molecular weight excluding hydrogens is 204 g/mol. The summed E-state index contributed by atoms with van der Waals surface area (Å²) in [6.07, 6.45) is 7.49. The van der Waals surface area contributed by atoms with Gasteiger partial charge >= 0.3 is 0 Å². The van der Waals surface area contributed by atoms with Crippen LogP contribution in [-0.2, 0) is 6.42 Å². The molecule has 0 radical (unpaired) electrons. The molecule has 0 aliphatic heterocycles. The van der Waals surface area contributed by atoms with E-state index in [1.807, 2.05) is 17.5 Å². The Morgan fingerprint density at radius 1 is 1.53 bits per heavy atom. The monoisotopic (exact) mass is 222 g/mol.